The van der Waals surface area contributed by atoms with Gasteiger partial charge in [0.05, 0.1) is 6.61 Å². The molecule has 0 aliphatic carbocycles. The molecule has 158 valence electrons. The second kappa shape index (κ2) is 10.1. The highest BCUT2D eigenvalue weighted by atomic mass is 16.5. The van der Waals surface area contributed by atoms with Crippen LogP contribution in [0.4, 0.5) is 0 Å². The number of phenolic OH excluding ortho intramolecular Hbond substituents is 1. The number of ether oxygens (including phenoxy) is 1. The first kappa shape index (κ1) is 24.3. The topological polar surface area (TPSA) is 46.5 Å². The maximum Gasteiger partial charge on any atom is 0.330 e. The van der Waals surface area contributed by atoms with Crippen LogP contribution in [0, 0.1) is 5.92 Å². The van der Waals surface area contributed by atoms with Crippen molar-refractivity contribution in [1.29, 1.82) is 0 Å². The third-order valence-electron chi connectivity index (χ3n) is 4.83. The zero-order chi connectivity index (χ0) is 21.5. The van der Waals surface area contributed by atoms with E-state index < -0.39 is 0 Å². The van der Waals surface area contributed by atoms with Crippen molar-refractivity contribution in [3.05, 3.63) is 34.9 Å². The second-order valence-electron chi connectivity index (χ2n) is 10.2. The molecule has 0 atom stereocenters. The largest absolute Gasteiger partial charge is 0.507 e. The molecule has 3 nitrogen and oxygen atoms in total. The van der Waals surface area contributed by atoms with E-state index in [1.807, 2.05) is 12.1 Å². The molecule has 3 heteroatoms. The van der Waals surface area contributed by atoms with Crippen LogP contribution in [-0.4, -0.2) is 17.7 Å². The molecule has 0 fully saturated rings. The molecule has 0 heterocycles. The highest BCUT2D eigenvalue weighted by molar-refractivity contribution is 5.87. The fourth-order valence-corrected chi connectivity index (χ4v) is 3.11. The van der Waals surface area contributed by atoms with E-state index in [9.17, 15) is 9.90 Å². The fourth-order valence-electron chi connectivity index (χ4n) is 3.11. The Morgan fingerprint density at radius 3 is 2.00 bits per heavy atom. The minimum absolute atomic E-state index is 0.190. The Hall–Kier alpha value is -1.77. The van der Waals surface area contributed by atoms with E-state index in [-0.39, 0.29) is 16.8 Å². The average molecular weight is 389 g/mol. The summed E-state index contributed by atoms with van der Waals surface area (Å²) in [4.78, 5) is 12.0. The van der Waals surface area contributed by atoms with Gasteiger partial charge in [0.2, 0.25) is 0 Å². The quantitative estimate of drug-likeness (QED) is 0.304. The number of carbonyl (C=O) groups is 1. The highest BCUT2D eigenvalue weighted by Gasteiger charge is 2.26. The SMILES string of the molecule is CC(C)CCCCCOC(=O)/C=C/c1cc(C(C)(C)C)c(O)c(C(C)(C)C)c1. The van der Waals surface area contributed by atoms with Gasteiger partial charge >= 0.3 is 5.97 Å². The van der Waals surface area contributed by atoms with Gasteiger partial charge in [-0.25, -0.2) is 4.79 Å². The molecule has 0 radical (unpaired) electrons. The van der Waals surface area contributed by atoms with E-state index >= 15 is 0 Å². The standard InChI is InChI=1S/C25H40O3/c1-18(2)12-10-9-11-15-28-22(26)14-13-19-16-20(24(3,4)5)23(27)21(17-19)25(6,7)8/h13-14,16-18,27H,9-12,15H2,1-8H3/b14-13+. The van der Waals surface area contributed by atoms with Crippen molar-refractivity contribution in [2.45, 2.75) is 91.9 Å². The van der Waals surface area contributed by atoms with Gasteiger partial charge in [0, 0.05) is 17.2 Å². The zero-order valence-electron chi connectivity index (χ0n) is 19.2. The first-order valence-corrected chi connectivity index (χ1v) is 10.5. The third kappa shape index (κ3) is 8.08. The lowest BCUT2D eigenvalue weighted by Gasteiger charge is -2.27. The molecule has 1 aromatic carbocycles. The summed E-state index contributed by atoms with van der Waals surface area (Å²) in [5.41, 5.74) is 2.30. The number of benzene rings is 1. The molecule has 0 aliphatic rings. The lowest BCUT2D eigenvalue weighted by atomic mass is 9.78. The maximum atomic E-state index is 12.0. The van der Waals surface area contributed by atoms with E-state index in [1.54, 1.807) is 6.08 Å². The number of aromatic hydroxyl groups is 1. The summed E-state index contributed by atoms with van der Waals surface area (Å²) in [6, 6.07) is 3.92. The van der Waals surface area contributed by atoms with E-state index in [2.05, 4.69) is 55.4 Å². The molecule has 0 amide bonds. The number of hydrogen-bond donors (Lipinski definition) is 1. The van der Waals surface area contributed by atoms with Gasteiger partial charge in [-0.3, -0.25) is 0 Å². The summed E-state index contributed by atoms with van der Waals surface area (Å²) in [6.45, 7) is 17.4. The molecule has 0 unspecified atom stereocenters. The van der Waals surface area contributed by atoms with Crippen molar-refractivity contribution in [2.24, 2.45) is 5.92 Å². The summed E-state index contributed by atoms with van der Waals surface area (Å²) in [6.07, 6.45) is 7.68. The average Bonchev–Trinajstić information content (AvgIpc) is 2.54. The molecule has 0 bridgehead atoms. The Bertz CT molecular complexity index is 635. The van der Waals surface area contributed by atoms with Gasteiger partial charge < -0.3 is 9.84 Å². The van der Waals surface area contributed by atoms with Crippen molar-refractivity contribution in [2.75, 3.05) is 6.61 Å². The predicted octanol–water partition coefficient (Wildman–Crippen LogP) is 6.76. The molecular formula is C25H40O3. The van der Waals surface area contributed by atoms with E-state index in [0.29, 0.717) is 12.4 Å². The van der Waals surface area contributed by atoms with Crippen LogP contribution in [0.15, 0.2) is 18.2 Å². The Morgan fingerprint density at radius 2 is 1.54 bits per heavy atom. The van der Waals surface area contributed by atoms with Crippen molar-refractivity contribution < 1.29 is 14.6 Å². The van der Waals surface area contributed by atoms with Gasteiger partial charge in [0.15, 0.2) is 0 Å². The Kier molecular flexibility index (Phi) is 8.78. The number of carbonyl (C=O) groups excluding carboxylic acids is 1. The molecule has 0 spiro atoms. The minimum Gasteiger partial charge on any atom is -0.507 e. The van der Waals surface area contributed by atoms with Crippen molar-refractivity contribution in [1.82, 2.24) is 0 Å². The number of esters is 1. The highest BCUT2D eigenvalue weighted by Crippen LogP contribution is 2.40. The van der Waals surface area contributed by atoms with Crippen LogP contribution in [0.5, 0.6) is 5.75 Å². The first-order chi connectivity index (χ1) is 12.8. The summed E-state index contributed by atoms with van der Waals surface area (Å²) in [5.74, 6) is 0.763. The molecule has 28 heavy (non-hydrogen) atoms. The Morgan fingerprint density at radius 1 is 1.00 bits per heavy atom. The zero-order valence-corrected chi connectivity index (χ0v) is 19.2. The second-order valence-corrected chi connectivity index (χ2v) is 10.2. The predicted molar refractivity (Wildman–Crippen MR) is 119 cm³/mol. The van der Waals surface area contributed by atoms with Crippen LogP contribution in [-0.2, 0) is 20.4 Å². The minimum atomic E-state index is -0.313. The summed E-state index contributed by atoms with van der Waals surface area (Å²) in [5, 5.41) is 10.8. The van der Waals surface area contributed by atoms with Gasteiger partial charge in [-0.2, -0.15) is 0 Å². The molecule has 1 aromatic rings. The fraction of sp³-hybridized carbons (Fsp3) is 0.640. The summed E-state index contributed by atoms with van der Waals surface area (Å²) < 4.78 is 5.31. The smallest absolute Gasteiger partial charge is 0.330 e. The van der Waals surface area contributed by atoms with Gasteiger partial charge in [-0.1, -0.05) is 74.7 Å². The Labute approximate surface area is 172 Å². The third-order valence-corrected chi connectivity index (χ3v) is 4.83. The van der Waals surface area contributed by atoms with Crippen LogP contribution in [0.3, 0.4) is 0 Å². The number of hydrogen-bond acceptors (Lipinski definition) is 3. The van der Waals surface area contributed by atoms with Crippen LogP contribution < -0.4 is 0 Å². The number of rotatable bonds is 8. The van der Waals surface area contributed by atoms with E-state index in [4.69, 9.17) is 4.74 Å². The van der Waals surface area contributed by atoms with Crippen LogP contribution >= 0.6 is 0 Å². The molecule has 1 N–H and O–H groups in total. The molecule has 0 aromatic heterocycles. The molecule has 0 aliphatic heterocycles. The molecule has 0 saturated heterocycles. The van der Waals surface area contributed by atoms with Gasteiger partial charge in [0.1, 0.15) is 5.75 Å². The van der Waals surface area contributed by atoms with Crippen molar-refractivity contribution in [3.8, 4) is 5.75 Å². The first-order valence-electron chi connectivity index (χ1n) is 10.5. The number of unbranched alkanes of at least 4 members (excludes halogenated alkanes) is 2. The van der Waals surface area contributed by atoms with Crippen molar-refractivity contribution in [3.63, 3.8) is 0 Å². The summed E-state index contributed by atoms with van der Waals surface area (Å²) in [7, 11) is 0. The van der Waals surface area contributed by atoms with Gasteiger partial charge in [-0.15, -0.1) is 0 Å². The summed E-state index contributed by atoms with van der Waals surface area (Å²) >= 11 is 0. The van der Waals surface area contributed by atoms with E-state index in [0.717, 1.165) is 35.4 Å². The number of phenols is 1. The van der Waals surface area contributed by atoms with E-state index in [1.165, 1.54) is 18.9 Å². The molecule has 0 saturated carbocycles. The normalized spacial score (nSPS) is 12.8. The Balaban J connectivity index is 2.81. The van der Waals surface area contributed by atoms with Gasteiger partial charge in [-0.05, 0) is 46.9 Å². The van der Waals surface area contributed by atoms with Crippen LogP contribution in [0.2, 0.25) is 0 Å². The maximum absolute atomic E-state index is 12.0. The van der Waals surface area contributed by atoms with Crippen LogP contribution in [0.25, 0.3) is 6.08 Å². The monoisotopic (exact) mass is 388 g/mol. The van der Waals surface area contributed by atoms with Crippen LogP contribution in [0.1, 0.15) is 97.8 Å². The molecular weight excluding hydrogens is 348 g/mol. The lowest BCUT2D eigenvalue weighted by molar-refractivity contribution is -0.137. The molecule has 1 rings (SSSR count). The van der Waals surface area contributed by atoms with Gasteiger partial charge in [0.25, 0.3) is 0 Å². The lowest BCUT2D eigenvalue weighted by Crippen LogP contribution is -2.17. The van der Waals surface area contributed by atoms with Crippen molar-refractivity contribution >= 4 is 12.0 Å².